The second-order valence-corrected chi connectivity index (χ2v) is 7.07. The van der Waals surface area contributed by atoms with E-state index in [9.17, 15) is 110 Å². The molecule has 0 spiro atoms. The van der Waals surface area contributed by atoms with Gasteiger partial charge in [-0.1, -0.05) is 0 Å². The summed E-state index contributed by atoms with van der Waals surface area (Å²) in [5, 5.41) is 7.83. The molecule has 0 heterocycles. The van der Waals surface area contributed by atoms with E-state index in [1.54, 1.807) is 0 Å². The lowest BCUT2D eigenvalue weighted by molar-refractivity contribution is -0.574. The molecule has 0 atom stereocenters. The molecule has 0 unspecified atom stereocenters. The first-order valence-corrected chi connectivity index (χ1v) is 8.62. The van der Waals surface area contributed by atoms with Crippen molar-refractivity contribution < 1.29 is 129 Å². The molecule has 0 aromatic heterocycles. The van der Waals surface area contributed by atoms with Crippen molar-refractivity contribution in [2.24, 2.45) is 0 Å². The molecule has 254 valence electrons. The number of hydrogen-bond donors (Lipinski definition) is 1. The molecule has 0 bridgehead atoms. The highest BCUT2D eigenvalue weighted by Crippen LogP contribution is 2.63. The SMILES string of the molecule is OCC(F)(F)C(F)(F)C(F)(F)C(F)(F)C(F)(F)C(F)(F)C(F)(F)OC(F)(F)C(F)(F)OC(F)(F)C(F)(F)OC(F)(F)F. The van der Waals surface area contributed by atoms with Gasteiger partial charge in [-0.25, -0.2) is 14.2 Å². The van der Waals surface area contributed by atoms with Gasteiger partial charge in [-0.3, -0.25) is 0 Å². The van der Waals surface area contributed by atoms with Crippen LogP contribution in [0, 0.1) is 0 Å². The van der Waals surface area contributed by atoms with Gasteiger partial charge in [0.05, 0.1) is 0 Å². The third-order valence-electron chi connectivity index (χ3n) is 4.04. The lowest BCUT2D eigenvalue weighted by Gasteiger charge is -2.42. The Morgan fingerprint density at radius 2 is 0.548 bits per heavy atom. The fraction of sp³-hybridized carbons (Fsp3) is 1.00. The zero-order valence-corrected chi connectivity index (χ0v) is 17.8. The van der Waals surface area contributed by atoms with Crippen molar-refractivity contribution in [3.63, 3.8) is 0 Å². The van der Waals surface area contributed by atoms with Crippen LogP contribution in [0.25, 0.3) is 0 Å². The summed E-state index contributed by atoms with van der Waals surface area (Å²) < 4.78 is 327. The minimum absolute atomic E-state index is 0.916. The molecule has 1 N–H and O–H groups in total. The van der Waals surface area contributed by atoms with Crippen molar-refractivity contribution in [2.45, 2.75) is 72.4 Å². The summed E-state index contributed by atoms with van der Waals surface area (Å²) in [5.41, 5.74) is 0. The molecule has 0 aliphatic rings. The zero-order valence-electron chi connectivity index (χ0n) is 17.8. The quantitative estimate of drug-likeness (QED) is 0.193. The number of aliphatic hydroxyl groups is 1. The smallest absolute Gasteiger partial charge is 0.390 e. The molecule has 42 heavy (non-hydrogen) atoms. The average molecular weight is 698 g/mol. The van der Waals surface area contributed by atoms with E-state index in [1.165, 1.54) is 4.74 Å². The Balaban J connectivity index is 6.67. The van der Waals surface area contributed by atoms with Crippen LogP contribution >= 0.6 is 0 Å². The normalized spacial score (nSPS) is 16.7. The Bertz CT molecular complexity index is 950. The standard InChI is InChI=1S/C13H3F25O4/c14-2(15,1-39)3(16,17)4(18,19)5(20,21)6(22,23)7(24,25)8(26,27)40-9(28,29)10(30,31)41-11(32,33)12(34,35)42-13(36,37)38/h39H,1H2. The van der Waals surface area contributed by atoms with Crippen molar-refractivity contribution in [1.82, 2.24) is 0 Å². The van der Waals surface area contributed by atoms with Gasteiger partial charge in [0.15, 0.2) is 0 Å². The maximum atomic E-state index is 13.5. The van der Waals surface area contributed by atoms with Gasteiger partial charge < -0.3 is 5.11 Å². The molecule has 0 aliphatic heterocycles. The van der Waals surface area contributed by atoms with Crippen molar-refractivity contribution >= 4 is 0 Å². The Labute approximate surface area is 209 Å². The van der Waals surface area contributed by atoms with Crippen LogP contribution in [-0.2, 0) is 14.2 Å². The summed E-state index contributed by atoms with van der Waals surface area (Å²) in [6, 6.07) is 0. The van der Waals surface area contributed by atoms with Crippen molar-refractivity contribution in [1.29, 1.82) is 0 Å². The van der Waals surface area contributed by atoms with Crippen LogP contribution in [0.4, 0.5) is 110 Å². The van der Waals surface area contributed by atoms with Crippen LogP contribution < -0.4 is 0 Å². The van der Waals surface area contributed by atoms with E-state index in [0.29, 0.717) is 0 Å². The molecule has 0 rings (SSSR count). The first-order chi connectivity index (χ1) is 17.7. The van der Waals surface area contributed by atoms with Crippen LogP contribution in [0.3, 0.4) is 0 Å². The van der Waals surface area contributed by atoms with Gasteiger partial charge in [-0.15, -0.1) is 13.2 Å². The van der Waals surface area contributed by atoms with Crippen molar-refractivity contribution in [2.75, 3.05) is 6.61 Å². The molecule has 0 saturated carbocycles. The Hall–Kier alpha value is -1.91. The summed E-state index contributed by atoms with van der Waals surface area (Å²) in [6.07, 6.45) is -47.6. The van der Waals surface area contributed by atoms with E-state index >= 15 is 0 Å². The molecule has 0 aromatic carbocycles. The zero-order chi connectivity index (χ0) is 34.8. The predicted molar refractivity (Wildman–Crippen MR) is 70.8 cm³/mol. The Kier molecular flexibility index (Phi) is 9.86. The monoisotopic (exact) mass is 698 g/mol. The molecule has 0 saturated heterocycles. The van der Waals surface area contributed by atoms with E-state index in [4.69, 9.17) is 5.11 Å². The summed E-state index contributed by atoms with van der Waals surface area (Å²) in [7, 11) is 0. The number of aliphatic hydroxyl groups excluding tert-OH is 1. The second kappa shape index (κ2) is 10.3. The van der Waals surface area contributed by atoms with E-state index in [1.807, 2.05) is 0 Å². The molecule has 0 aliphatic carbocycles. The van der Waals surface area contributed by atoms with Crippen LogP contribution in [0.5, 0.6) is 0 Å². The summed E-state index contributed by atoms with van der Waals surface area (Å²) in [6.45, 7) is -3.69. The van der Waals surface area contributed by atoms with Gasteiger partial charge in [0, 0.05) is 0 Å². The number of halogens is 25. The molecule has 0 amide bonds. The second-order valence-electron chi connectivity index (χ2n) is 7.07. The number of hydrogen-bond acceptors (Lipinski definition) is 4. The van der Waals surface area contributed by atoms with E-state index in [-0.39, 0.29) is 0 Å². The van der Waals surface area contributed by atoms with Crippen LogP contribution in [0.2, 0.25) is 0 Å². The number of ether oxygens (including phenoxy) is 3. The van der Waals surface area contributed by atoms with Gasteiger partial charge in [-0.2, -0.15) is 96.6 Å². The highest BCUT2D eigenvalue weighted by molar-refractivity contribution is 5.13. The highest BCUT2D eigenvalue weighted by Gasteiger charge is 2.94. The molecular formula is C13H3F25O4. The topological polar surface area (TPSA) is 47.9 Å². The minimum Gasteiger partial charge on any atom is -0.390 e. The summed E-state index contributed by atoms with van der Waals surface area (Å²) >= 11 is 0. The van der Waals surface area contributed by atoms with E-state index in [0.717, 1.165) is 9.47 Å². The maximum absolute atomic E-state index is 13.5. The van der Waals surface area contributed by atoms with Gasteiger partial charge in [-0.05, 0) is 0 Å². The maximum Gasteiger partial charge on any atom is 0.527 e. The Morgan fingerprint density at radius 1 is 0.310 bits per heavy atom. The lowest BCUT2D eigenvalue weighted by atomic mass is 9.91. The van der Waals surface area contributed by atoms with Crippen LogP contribution in [-0.4, -0.2) is 84.2 Å². The average Bonchev–Trinajstić information content (AvgIpc) is 2.69. The van der Waals surface area contributed by atoms with E-state index < -0.39 is 79.0 Å². The summed E-state index contributed by atoms with van der Waals surface area (Å²) in [4.78, 5) is 0. The van der Waals surface area contributed by atoms with Crippen LogP contribution in [0.1, 0.15) is 0 Å². The molecule has 4 nitrogen and oxygen atoms in total. The fourth-order valence-electron chi connectivity index (χ4n) is 1.87. The Morgan fingerprint density at radius 3 is 0.833 bits per heavy atom. The van der Waals surface area contributed by atoms with E-state index in [2.05, 4.69) is 0 Å². The summed E-state index contributed by atoms with van der Waals surface area (Å²) in [5.74, 6) is -51.1. The van der Waals surface area contributed by atoms with Gasteiger partial charge >= 0.3 is 72.4 Å². The van der Waals surface area contributed by atoms with Gasteiger partial charge in [0.25, 0.3) is 0 Å². The molecule has 0 fully saturated rings. The first-order valence-electron chi connectivity index (χ1n) is 8.62. The molecule has 0 radical (unpaired) electrons. The highest BCUT2D eigenvalue weighted by atomic mass is 19.4. The molecule has 0 aromatic rings. The number of alkyl halides is 25. The fourth-order valence-corrected chi connectivity index (χ4v) is 1.87. The molecule has 29 heteroatoms. The van der Waals surface area contributed by atoms with Gasteiger partial charge in [0.1, 0.15) is 6.61 Å². The molecular weight excluding hydrogens is 695 g/mol. The van der Waals surface area contributed by atoms with Gasteiger partial charge in [0.2, 0.25) is 0 Å². The minimum atomic E-state index is -9.13. The third-order valence-corrected chi connectivity index (χ3v) is 4.04. The van der Waals surface area contributed by atoms with Crippen molar-refractivity contribution in [3.8, 4) is 0 Å². The van der Waals surface area contributed by atoms with Crippen molar-refractivity contribution in [3.05, 3.63) is 0 Å². The number of rotatable bonds is 14. The largest absolute Gasteiger partial charge is 0.527 e. The van der Waals surface area contributed by atoms with Crippen LogP contribution in [0.15, 0.2) is 0 Å². The lowest BCUT2D eigenvalue weighted by Crippen LogP contribution is -2.74. The first kappa shape index (κ1) is 40.1. The predicted octanol–water partition coefficient (Wildman–Crippen LogP) is 7.32. The third kappa shape index (κ3) is 6.32.